The van der Waals surface area contributed by atoms with Gasteiger partial charge in [-0.05, 0) is 38.5 Å². The number of ether oxygens (including phenoxy) is 1. The molecule has 0 bridgehead atoms. The Kier molecular flexibility index (Phi) is 6.10. The van der Waals surface area contributed by atoms with Crippen LogP contribution >= 0.6 is 12.6 Å². The quantitative estimate of drug-likeness (QED) is 0.516. The second-order valence-electron chi connectivity index (χ2n) is 5.23. The van der Waals surface area contributed by atoms with E-state index in [1.54, 1.807) is 25.3 Å². The van der Waals surface area contributed by atoms with E-state index in [1.165, 1.54) is 6.21 Å². The third-order valence-corrected chi connectivity index (χ3v) is 4.01. The van der Waals surface area contributed by atoms with E-state index in [1.807, 2.05) is 20.8 Å². The minimum absolute atomic E-state index is 0.191. The van der Waals surface area contributed by atoms with Crippen molar-refractivity contribution >= 4 is 35.3 Å². The van der Waals surface area contributed by atoms with Crippen LogP contribution in [0.1, 0.15) is 31.9 Å². The minimum atomic E-state index is -1.34. The average Bonchev–Trinajstić information content (AvgIpc) is 2.35. The van der Waals surface area contributed by atoms with Crippen LogP contribution in [-0.4, -0.2) is 27.7 Å². The van der Waals surface area contributed by atoms with Gasteiger partial charge in [0.05, 0.1) is 13.3 Å². The van der Waals surface area contributed by atoms with Gasteiger partial charge in [-0.3, -0.25) is 4.79 Å². The van der Waals surface area contributed by atoms with E-state index in [0.29, 0.717) is 11.3 Å². The van der Waals surface area contributed by atoms with E-state index in [2.05, 4.69) is 17.0 Å². The molecule has 0 N–H and O–H groups in total. The van der Waals surface area contributed by atoms with Crippen LogP contribution in [0, 0.1) is 0 Å². The van der Waals surface area contributed by atoms with Gasteiger partial charge in [-0.15, -0.1) is 12.6 Å². The lowest BCUT2D eigenvalue weighted by atomic mass is 10.1. The maximum atomic E-state index is 11.9. The van der Waals surface area contributed by atoms with E-state index >= 15 is 0 Å². The number of nitrogens with zero attached hydrogens (tertiary/aromatic N) is 1. The smallest absolute Gasteiger partial charge is 0.190 e. The lowest BCUT2D eigenvalue weighted by Crippen LogP contribution is -2.25. The summed E-state index contributed by atoms with van der Waals surface area (Å²) in [7, 11) is 1.56. The Hall–Kier alpha value is -0.980. The molecule has 1 aromatic carbocycles. The zero-order valence-electron chi connectivity index (χ0n) is 12.0. The summed E-state index contributed by atoms with van der Waals surface area (Å²) in [5.41, 5.74) is 1.49. The van der Waals surface area contributed by atoms with E-state index < -0.39 is 16.1 Å². The number of benzene rings is 1. The summed E-state index contributed by atoms with van der Waals surface area (Å²) in [6, 6.07) is 5.31. The molecule has 0 aliphatic rings. The van der Waals surface area contributed by atoms with Gasteiger partial charge in [-0.2, -0.15) is 0 Å². The molecule has 1 aromatic rings. The monoisotopic (exact) mass is 313 g/mol. The van der Waals surface area contributed by atoms with Gasteiger partial charge < -0.3 is 9.29 Å². The molecule has 0 aliphatic carbocycles. The molecule has 0 saturated heterocycles. The van der Waals surface area contributed by atoms with Crippen LogP contribution in [0.3, 0.4) is 0 Å². The number of rotatable bonds is 5. The van der Waals surface area contributed by atoms with Crippen molar-refractivity contribution in [2.75, 3.05) is 7.11 Å². The van der Waals surface area contributed by atoms with E-state index in [-0.39, 0.29) is 11.5 Å². The summed E-state index contributed by atoms with van der Waals surface area (Å²) in [6.45, 7) is 5.55. The van der Waals surface area contributed by atoms with Crippen molar-refractivity contribution < 1.29 is 14.1 Å². The van der Waals surface area contributed by atoms with Crippen LogP contribution in [0.5, 0.6) is 5.75 Å². The fourth-order valence-electron chi connectivity index (χ4n) is 1.41. The molecule has 110 valence electrons. The Balaban J connectivity index is 3.07. The lowest BCUT2D eigenvalue weighted by Gasteiger charge is -2.17. The summed E-state index contributed by atoms with van der Waals surface area (Å²) in [6.07, 6.45) is 1.71. The highest BCUT2D eigenvalue weighted by molar-refractivity contribution is 7.96. The topological polar surface area (TPSA) is 61.7 Å². The predicted molar refractivity (Wildman–Crippen MR) is 86.2 cm³/mol. The number of carbonyl (C=O) groups is 1. The normalized spacial score (nSPS) is 13.5. The van der Waals surface area contributed by atoms with Crippen molar-refractivity contribution in [3.05, 3.63) is 29.3 Å². The summed E-state index contributed by atoms with van der Waals surface area (Å²) in [4.78, 5) is 11.1. The fourth-order valence-corrected chi connectivity index (χ4v) is 2.10. The lowest BCUT2D eigenvalue weighted by molar-refractivity contribution is -0.110. The molecule has 0 aliphatic heterocycles. The van der Waals surface area contributed by atoms with Crippen molar-refractivity contribution in [2.24, 2.45) is 4.40 Å². The van der Waals surface area contributed by atoms with E-state index in [4.69, 9.17) is 4.74 Å². The van der Waals surface area contributed by atoms with Crippen LogP contribution in [-0.2, 0) is 22.6 Å². The zero-order chi connectivity index (χ0) is 15.3. The molecule has 0 spiro atoms. The Morgan fingerprint density at radius 3 is 2.65 bits per heavy atom. The van der Waals surface area contributed by atoms with Crippen LogP contribution in [0.15, 0.2) is 22.6 Å². The Morgan fingerprint density at radius 2 is 2.15 bits per heavy atom. The Morgan fingerprint density at radius 1 is 1.50 bits per heavy atom. The van der Waals surface area contributed by atoms with Crippen LogP contribution in [0.2, 0.25) is 0 Å². The van der Waals surface area contributed by atoms with E-state index in [9.17, 15) is 9.35 Å². The first-order chi connectivity index (χ1) is 9.24. The largest absolute Gasteiger partial charge is 0.591 e. The van der Waals surface area contributed by atoms with Gasteiger partial charge in [0.25, 0.3) is 0 Å². The molecule has 4 nitrogen and oxygen atoms in total. The fraction of sp³-hybridized carbons (Fsp3) is 0.429. The van der Waals surface area contributed by atoms with Gasteiger partial charge in [0, 0.05) is 12.0 Å². The third kappa shape index (κ3) is 5.19. The van der Waals surface area contributed by atoms with Gasteiger partial charge in [0.15, 0.2) is 5.12 Å². The molecular formula is C14H19NO3S2. The average molecular weight is 313 g/mol. The Bertz CT molecular complexity index is 510. The van der Waals surface area contributed by atoms with Crippen molar-refractivity contribution in [1.82, 2.24) is 0 Å². The molecule has 6 heteroatoms. The molecule has 0 radical (unpaired) electrons. The molecule has 0 heterocycles. The van der Waals surface area contributed by atoms with Gasteiger partial charge >= 0.3 is 0 Å². The molecule has 0 saturated carbocycles. The number of hydrogen-bond donors (Lipinski definition) is 1. The van der Waals surface area contributed by atoms with Crippen molar-refractivity contribution in [1.29, 1.82) is 0 Å². The molecule has 1 rings (SSSR count). The van der Waals surface area contributed by atoms with Crippen molar-refractivity contribution in [2.45, 2.75) is 31.9 Å². The van der Waals surface area contributed by atoms with Crippen LogP contribution in [0.25, 0.3) is 0 Å². The van der Waals surface area contributed by atoms with Crippen LogP contribution < -0.4 is 4.74 Å². The maximum Gasteiger partial charge on any atom is 0.190 e. The second kappa shape index (κ2) is 7.15. The van der Waals surface area contributed by atoms with Crippen LogP contribution in [0.4, 0.5) is 0 Å². The first-order valence-electron chi connectivity index (χ1n) is 6.09. The first kappa shape index (κ1) is 17.1. The minimum Gasteiger partial charge on any atom is -0.591 e. The first-order valence-corrected chi connectivity index (χ1v) is 7.64. The maximum absolute atomic E-state index is 11.9. The highest BCUT2D eigenvalue weighted by atomic mass is 32.2. The summed E-state index contributed by atoms with van der Waals surface area (Å²) < 4.78 is 20.7. The molecule has 1 unspecified atom stereocenters. The molecule has 0 fully saturated rings. The molecule has 20 heavy (non-hydrogen) atoms. The third-order valence-electron chi connectivity index (χ3n) is 2.51. The van der Waals surface area contributed by atoms with Crippen molar-refractivity contribution in [3.63, 3.8) is 0 Å². The number of carbonyl (C=O) groups excluding carboxylic acids is 1. The van der Waals surface area contributed by atoms with Gasteiger partial charge in [0.1, 0.15) is 21.9 Å². The highest BCUT2D eigenvalue weighted by Crippen LogP contribution is 2.20. The molecule has 0 aromatic heterocycles. The zero-order valence-corrected chi connectivity index (χ0v) is 13.8. The summed E-state index contributed by atoms with van der Waals surface area (Å²) in [5, 5.41) is -0.234. The second-order valence-corrected chi connectivity index (χ2v) is 7.66. The van der Waals surface area contributed by atoms with E-state index in [0.717, 1.165) is 5.56 Å². The van der Waals surface area contributed by atoms with Crippen molar-refractivity contribution in [3.8, 4) is 5.75 Å². The number of thiol groups is 1. The SMILES string of the molecule is COc1ccc(CC(=O)S)c(/C=N/[S+]([O-])C(C)(C)C)c1. The summed E-state index contributed by atoms with van der Waals surface area (Å²) in [5.74, 6) is 0.656. The molecule has 0 amide bonds. The standard InChI is InChI=1S/C14H19NO3S2/c1-14(2,3)20(17)15-9-11-7-12(18-4)6-5-10(11)8-13(16)19/h5-7,9H,8H2,1-4H3,(H,16,19)/b15-9+. The summed E-state index contributed by atoms with van der Waals surface area (Å²) >= 11 is 2.44. The van der Waals surface area contributed by atoms with Gasteiger partial charge in [0.2, 0.25) is 0 Å². The molecular weight excluding hydrogens is 294 g/mol. The number of methoxy groups -OCH3 is 1. The molecule has 1 atom stereocenters. The highest BCUT2D eigenvalue weighted by Gasteiger charge is 2.25. The Labute approximate surface area is 128 Å². The van der Waals surface area contributed by atoms with Gasteiger partial charge in [-0.25, -0.2) is 0 Å². The van der Waals surface area contributed by atoms with Gasteiger partial charge in [-0.1, -0.05) is 10.5 Å². The number of hydrogen-bond acceptors (Lipinski definition) is 4. The predicted octanol–water partition coefficient (Wildman–Crippen LogP) is 2.58.